The van der Waals surface area contributed by atoms with Crippen molar-refractivity contribution in [3.63, 3.8) is 0 Å². The van der Waals surface area contributed by atoms with Crippen molar-refractivity contribution >= 4 is 5.71 Å². The van der Waals surface area contributed by atoms with Gasteiger partial charge in [0.2, 0.25) is 6.10 Å². The zero-order valence-electron chi connectivity index (χ0n) is 11.6. The first-order chi connectivity index (χ1) is 9.72. The van der Waals surface area contributed by atoms with E-state index >= 15 is 0 Å². The molecule has 0 radical (unpaired) electrons. The Morgan fingerprint density at radius 3 is 2.75 bits per heavy atom. The first-order valence-electron chi connectivity index (χ1n) is 6.81. The lowest BCUT2D eigenvalue weighted by Crippen LogP contribution is -2.06. The summed E-state index contributed by atoms with van der Waals surface area (Å²) in [6.45, 7) is 4.19. The van der Waals surface area contributed by atoms with Crippen LogP contribution >= 0.6 is 0 Å². The van der Waals surface area contributed by atoms with Crippen LogP contribution in [0.25, 0.3) is 0 Å². The second-order valence-corrected chi connectivity index (χ2v) is 5.25. The van der Waals surface area contributed by atoms with E-state index in [0.717, 1.165) is 17.7 Å². The van der Waals surface area contributed by atoms with Crippen LogP contribution in [0.3, 0.4) is 0 Å². The summed E-state index contributed by atoms with van der Waals surface area (Å²) in [6, 6.07) is 10.1. The standard InChI is InChI=1S/C15H17N3O2/c1-10(2)12-9-13(19-17-12)15-16-14(18-20-15)8-11-6-4-3-5-7-11/h3-7,10,13H,8-9H2,1-2H3. The van der Waals surface area contributed by atoms with E-state index in [0.29, 0.717) is 24.1 Å². The van der Waals surface area contributed by atoms with E-state index in [4.69, 9.17) is 9.36 Å². The fraction of sp³-hybridized carbons (Fsp3) is 0.400. The lowest BCUT2D eigenvalue weighted by Gasteiger charge is -2.02. The summed E-state index contributed by atoms with van der Waals surface area (Å²) in [5.41, 5.74) is 2.20. The predicted octanol–water partition coefficient (Wildman–Crippen LogP) is 3.13. The molecule has 0 amide bonds. The molecule has 5 nitrogen and oxygen atoms in total. The SMILES string of the molecule is CC(C)C1=NOC(c2nc(Cc3ccccc3)no2)C1. The van der Waals surface area contributed by atoms with Gasteiger partial charge in [0.15, 0.2) is 5.82 Å². The van der Waals surface area contributed by atoms with Crippen molar-refractivity contribution in [1.82, 2.24) is 10.1 Å². The van der Waals surface area contributed by atoms with Crippen LogP contribution in [0.2, 0.25) is 0 Å². The van der Waals surface area contributed by atoms with Crippen molar-refractivity contribution < 1.29 is 9.36 Å². The Bertz CT molecular complexity index is 605. The fourth-order valence-corrected chi connectivity index (χ4v) is 2.12. The number of rotatable bonds is 4. The summed E-state index contributed by atoms with van der Waals surface area (Å²) in [6.07, 6.45) is 1.16. The third-order valence-electron chi connectivity index (χ3n) is 3.32. The average Bonchev–Trinajstić information content (AvgIpc) is 3.08. The van der Waals surface area contributed by atoms with E-state index in [1.807, 2.05) is 30.3 Å². The molecule has 0 saturated heterocycles. The van der Waals surface area contributed by atoms with Crippen LogP contribution in [0.15, 0.2) is 40.0 Å². The third kappa shape index (κ3) is 2.71. The van der Waals surface area contributed by atoms with E-state index in [-0.39, 0.29) is 6.10 Å². The lowest BCUT2D eigenvalue weighted by atomic mass is 10.0. The molecule has 0 saturated carbocycles. The first-order valence-corrected chi connectivity index (χ1v) is 6.81. The molecule has 0 N–H and O–H groups in total. The lowest BCUT2D eigenvalue weighted by molar-refractivity contribution is 0.0599. The minimum Gasteiger partial charge on any atom is -0.382 e. The normalized spacial score (nSPS) is 18.1. The smallest absolute Gasteiger partial charge is 0.270 e. The number of benzene rings is 1. The highest BCUT2D eigenvalue weighted by molar-refractivity contribution is 5.87. The maximum atomic E-state index is 5.37. The monoisotopic (exact) mass is 271 g/mol. The van der Waals surface area contributed by atoms with Crippen LogP contribution in [0, 0.1) is 5.92 Å². The highest BCUT2D eigenvalue weighted by atomic mass is 16.7. The maximum Gasteiger partial charge on any atom is 0.270 e. The summed E-state index contributed by atoms with van der Waals surface area (Å²) in [7, 11) is 0. The molecule has 2 heterocycles. The van der Waals surface area contributed by atoms with Gasteiger partial charge in [-0.1, -0.05) is 54.5 Å². The maximum absolute atomic E-state index is 5.37. The second kappa shape index (κ2) is 5.45. The van der Waals surface area contributed by atoms with Gasteiger partial charge in [-0.05, 0) is 11.5 Å². The summed E-state index contributed by atoms with van der Waals surface area (Å²) in [5, 5.41) is 8.08. The van der Waals surface area contributed by atoms with E-state index in [2.05, 4.69) is 29.1 Å². The molecule has 20 heavy (non-hydrogen) atoms. The van der Waals surface area contributed by atoms with Crippen molar-refractivity contribution in [3.8, 4) is 0 Å². The molecule has 1 aromatic heterocycles. The Kier molecular flexibility index (Phi) is 3.50. The summed E-state index contributed by atoms with van der Waals surface area (Å²) in [4.78, 5) is 9.77. The Morgan fingerprint density at radius 2 is 2.05 bits per heavy atom. The van der Waals surface area contributed by atoms with Crippen LogP contribution in [0.1, 0.15) is 43.7 Å². The van der Waals surface area contributed by atoms with Gasteiger partial charge in [0.25, 0.3) is 5.89 Å². The molecule has 0 spiro atoms. The van der Waals surface area contributed by atoms with E-state index in [9.17, 15) is 0 Å². The van der Waals surface area contributed by atoms with Gasteiger partial charge in [0, 0.05) is 12.8 Å². The van der Waals surface area contributed by atoms with Gasteiger partial charge in [-0.15, -0.1) is 0 Å². The van der Waals surface area contributed by atoms with Gasteiger partial charge in [0.05, 0.1) is 5.71 Å². The molecule has 0 bridgehead atoms. The van der Waals surface area contributed by atoms with Crippen LogP contribution < -0.4 is 0 Å². The Balaban J connectivity index is 1.66. The topological polar surface area (TPSA) is 60.5 Å². The molecule has 0 aliphatic carbocycles. The van der Waals surface area contributed by atoms with Gasteiger partial charge in [-0.2, -0.15) is 4.98 Å². The molecule has 2 aromatic rings. The van der Waals surface area contributed by atoms with Crippen LogP contribution in [-0.2, 0) is 11.3 Å². The van der Waals surface area contributed by atoms with Crippen molar-refractivity contribution in [2.75, 3.05) is 0 Å². The molecular formula is C15H17N3O2. The predicted molar refractivity (Wildman–Crippen MR) is 74.3 cm³/mol. The molecule has 1 aliphatic heterocycles. The molecule has 104 valence electrons. The fourth-order valence-electron chi connectivity index (χ4n) is 2.12. The van der Waals surface area contributed by atoms with Crippen molar-refractivity contribution in [3.05, 3.63) is 47.6 Å². The highest BCUT2D eigenvalue weighted by Gasteiger charge is 2.29. The molecule has 3 rings (SSSR count). The van der Waals surface area contributed by atoms with Gasteiger partial charge in [0.1, 0.15) is 0 Å². The van der Waals surface area contributed by atoms with Crippen LogP contribution in [-0.4, -0.2) is 15.9 Å². The number of hydrogen-bond donors (Lipinski definition) is 0. The van der Waals surface area contributed by atoms with Gasteiger partial charge in [-0.25, -0.2) is 0 Å². The van der Waals surface area contributed by atoms with Gasteiger partial charge in [-0.3, -0.25) is 0 Å². The van der Waals surface area contributed by atoms with Crippen molar-refractivity contribution in [1.29, 1.82) is 0 Å². The van der Waals surface area contributed by atoms with Crippen molar-refractivity contribution in [2.45, 2.75) is 32.8 Å². The van der Waals surface area contributed by atoms with Crippen LogP contribution in [0.5, 0.6) is 0 Å². The second-order valence-electron chi connectivity index (χ2n) is 5.25. The molecular weight excluding hydrogens is 254 g/mol. The first kappa shape index (κ1) is 12.8. The largest absolute Gasteiger partial charge is 0.382 e. The summed E-state index contributed by atoms with van der Waals surface area (Å²) < 4.78 is 5.29. The van der Waals surface area contributed by atoms with E-state index < -0.39 is 0 Å². The van der Waals surface area contributed by atoms with E-state index in [1.165, 1.54) is 0 Å². The van der Waals surface area contributed by atoms with Gasteiger partial charge < -0.3 is 9.36 Å². The van der Waals surface area contributed by atoms with Crippen LogP contribution in [0.4, 0.5) is 0 Å². The molecule has 5 heteroatoms. The minimum absolute atomic E-state index is 0.232. The number of nitrogens with zero attached hydrogens (tertiary/aromatic N) is 3. The zero-order chi connectivity index (χ0) is 13.9. The Labute approximate surface area is 117 Å². The van der Waals surface area contributed by atoms with E-state index in [1.54, 1.807) is 0 Å². The summed E-state index contributed by atoms with van der Waals surface area (Å²) in [5.74, 6) is 1.56. The molecule has 1 aromatic carbocycles. The number of aromatic nitrogens is 2. The molecule has 0 fully saturated rings. The molecule has 1 atom stereocenters. The molecule has 1 aliphatic rings. The Morgan fingerprint density at radius 1 is 1.25 bits per heavy atom. The Hall–Kier alpha value is -2.17. The van der Waals surface area contributed by atoms with Crippen molar-refractivity contribution in [2.24, 2.45) is 11.1 Å². The minimum atomic E-state index is -0.232. The highest BCUT2D eigenvalue weighted by Crippen LogP contribution is 2.28. The quantitative estimate of drug-likeness (QED) is 0.857. The average molecular weight is 271 g/mol. The third-order valence-corrected chi connectivity index (χ3v) is 3.32. The number of hydrogen-bond acceptors (Lipinski definition) is 5. The van der Waals surface area contributed by atoms with Gasteiger partial charge >= 0.3 is 0 Å². The zero-order valence-corrected chi connectivity index (χ0v) is 11.6. The molecule has 1 unspecified atom stereocenters. The number of oxime groups is 1. The summed E-state index contributed by atoms with van der Waals surface area (Å²) >= 11 is 0.